The van der Waals surface area contributed by atoms with Crippen molar-refractivity contribution in [3.8, 4) is 11.5 Å². The van der Waals surface area contributed by atoms with Crippen molar-refractivity contribution in [2.45, 2.75) is 26.2 Å². The first-order valence-electron chi connectivity index (χ1n) is 9.97. The molecular formula is C24H22N2O5. The van der Waals surface area contributed by atoms with Gasteiger partial charge in [-0.15, -0.1) is 0 Å². The molecule has 7 nitrogen and oxygen atoms in total. The van der Waals surface area contributed by atoms with Crippen LogP contribution in [-0.2, 0) is 6.42 Å². The summed E-state index contributed by atoms with van der Waals surface area (Å²) in [5.41, 5.74) is 5.14. The van der Waals surface area contributed by atoms with Crippen LogP contribution in [0.4, 0.5) is 0 Å². The summed E-state index contributed by atoms with van der Waals surface area (Å²) >= 11 is 0. The molecule has 0 atom stereocenters. The Labute approximate surface area is 179 Å². The number of esters is 1. The highest BCUT2D eigenvalue weighted by molar-refractivity contribution is 6.06. The van der Waals surface area contributed by atoms with E-state index in [1.165, 1.54) is 0 Å². The van der Waals surface area contributed by atoms with Gasteiger partial charge in [0, 0.05) is 23.1 Å². The fourth-order valence-electron chi connectivity index (χ4n) is 3.56. The van der Waals surface area contributed by atoms with Gasteiger partial charge in [0.25, 0.3) is 5.91 Å². The van der Waals surface area contributed by atoms with Crippen LogP contribution >= 0.6 is 0 Å². The standard InChI is InChI=1S/C24H22N2O5/c1-15-21-19(25-26-23(27)16-8-6-11-18(14-16)29-2)12-7-13-20(21)31-22(15)24(28)30-17-9-4-3-5-10-17/h3-6,8-11,14H,7,12-13H2,1-2H3,(H,26,27)/b25-19+. The number of para-hydroxylation sites is 1. The van der Waals surface area contributed by atoms with Crippen molar-refractivity contribution in [1.82, 2.24) is 5.43 Å². The van der Waals surface area contributed by atoms with Crippen molar-refractivity contribution >= 4 is 17.6 Å². The molecule has 31 heavy (non-hydrogen) atoms. The molecule has 0 bridgehead atoms. The molecule has 3 aromatic rings. The Morgan fingerprint density at radius 2 is 1.81 bits per heavy atom. The predicted octanol–water partition coefficient (Wildman–Crippen LogP) is 4.29. The zero-order chi connectivity index (χ0) is 21.8. The number of furan rings is 1. The van der Waals surface area contributed by atoms with Gasteiger partial charge in [-0.2, -0.15) is 5.10 Å². The summed E-state index contributed by atoms with van der Waals surface area (Å²) in [6.07, 6.45) is 2.16. The van der Waals surface area contributed by atoms with E-state index >= 15 is 0 Å². The van der Waals surface area contributed by atoms with E-state index in [9.17, 15) is 9.59 Å². The lowest BCUT2D eigenvalue weighted by atomic mass is 9.93. The predicted molar refractivity (Wildman–Crippen MR) is 115 cm³/mol. The van der Waals surface area contributed by atoms with Gasteiger partial charge in [0.05, 0.1) is 12.8 Å². The maximum atomic E-state index is 12.6. The second-order valence-corrected chi connectivity index (χ2v) is 7.14. The van der Waals surface area contributed by atoms with Gasteiger partial charge < -0.3 is 13.9 Å². The molecule has 158 valence electrons. The van der Waals surface area contributed by atoms with Gasteiger partial charge in [-0.05, 0) is 50.1 Å². The second kappa shape index (κ2) is 8.87. The van der Waals surface area contributed by atoms with Crippen LogP contribution in [0, 0.1) is 6.92 Å². The molecule has 1 heterocycles. The molecule has 0 saturated carbocycles. The Morgan fingerprint density at radius 3 is 2.58 bits per heavy atom. The molecule has 7 heteroatoms. The number of carbonyl (C=O) groups excluding carboxylic acids is 2. The van der Waals surface area contributed by atoms with Crippen LogP contribution < -0.4 is 14.9 Å². The highest BCUT2D eigenvalue weighted by atomic mass is 16.5. The number of amides is 1. The maximum Gasteiger partial charge on any atom is 0.379 e. The number of aryl methyl sites for hydroxylation is 1. The molecule has 1 aliphatic rings. The number of carbonyl (C=O) groups is 2. The number of nitrogens with zero attached hydrogens (tertiary/aromatic N) is 1. The van der Waals surface area contributed by atoms with E-state index in [2.05, 4.69) is 10.5 Å². The Bertz CT molecular complexity index is 1150. The summed E-state index contributed by atoms with van der Waals surface area (Å²) in [6.45, 7) is 1.80. The number of methoxy groups -OCH3 is 1. The molecule has 4 rings (SSSR count). The summed E-state index contributed by atoms with van der Waals surface area (Å²) in [5.74, 6) is 0.968. The molecule has 1 N–H and O–H groups in total. The van der Waals surface area contributed by atoms with Crippen molar-refractivity contribution in [2.24, 2.45) is 5.10 Å². The smallest absolute Gasteiger partial charge is 0.379 e. The first-order valence-corrected chi connectivity index (χ1v) is 9.97. The van der Waals surface area contributed by atoms with Crippen LogP contribution in [0.1, 0.15) is 50.6 Å². The largest absolute Gasteiger partial charge is 0.497 e. The van der Waals surface area contributed by atoms with Gasteiger partial charge >= 0.3 is 5.97 Å². The zero-order valence-electron chi connectivity index (χ0n) is 17.3. The fourth-order valence-corrected chi connectivity index (χ4v) is 3.56. The molecule has 2 aromatic carbocycles. The summed E-state index contributed by atoms with van der Waals surface area (Å²) in [4.78, 5) is 25.1. The third kappa shape index (κ3) is 4.35. The third-order valence-electron chi connectivity index (χ3n) is 5.09. The lowest BCUT2D eigenvalue weighted by molar-refractivity contribution is 0.0698. The van der Waals surface area contributed by atoms with Crippen LogP contribution in [0.15, 0.2) is 64.1 Å². The Hall–Kier alpha value is -3.87. The molecule has 0 fully saturated rings. The number of nitrogens with one attached hydrogen (secondary N) is 1. The maximum absolute atomic E-state index is 12.6. The summed E-state index contributed by atoms with van der Waals surface area (Å²) in [6, 6.07) is 15.7. The molecule has 0 spiro atoms. The molecule has 1 aliphatic carbocycles. The highest BCUT2D eigenvalue weighted by Crippen LogP contribution is 2.30. The normalized spacial score (nSPS) is 14.1. The molecule has 1 aromatic heterocycles. The summed E-state index contributed by atoms with van der Waals surface area (Å²) < 4.78 is 16.4. The molecule has 1 amide bonds. The lowest BCUT2D eigenvalue weighted by Gasteiger charge is -2.13. The quantitative estimate of drug-likeness (QED) is 0.379. The minimum absolute atomic E-state index is 0.155. The van der Waals surface area contributed by atoms with Crippen LogP contribution in [-0.4, -0.2) is 24.7 Å². The van der Waals surface area contributed by atoms with E-state index < -0.39 is 5.97 Å². The van der Waals surface area contributed by atoms with Crippen LogP contribution in [0.2, 0.25) is 0 Å². The van der Waals surface area contributed by atoms with Crippen molar-refractivity contribution < 1.29 is 23.5 Å². The minimum Gasteiger partial charge on any atom is -0.497 e. The van der Waals surface area contributed by atoms with E-state index in [-0.39, 0.29) is 11.7 Å². The van der Waals surface area contributed by atoms with Crippen molar-refractivity contribution in [3.63, 3.8) is 0 Å². The molecule has 0 saturated heterocycles. The van der Waals surface area contributed by atoms with E-state index in [0.717, 1.165) is 12.0 Å². The first kappa shape index (κ1) is 20.4. The molecule has 0 radical (unpaired) electrons. The molecule has 0 aliphatic heterocycles. The van der Waals surface area contributed by atoms with Crippen LogP contribution in [0.5, 0.6) is 11.5 Å². The number of rotatable bonds is 5. The minimum atomic E-state index is -0.558. The van der Waals surface area contributed by atoms with Gasteiger partial charge in [-0.25, -0.2) is 10.2 Å². The zero-order valence-corrected chi connectivity index (χ0v) is 17.3. The molecular weight excluding hydrogens is 396 g/mol. The fraction of sp³-hybridized carbons (Fsp3) is 0.208. The van der Waals surface area contributed by atoms with Crippen molar-refractivity contribution in [3.05, 3.63) is 82.8 Å². The second-order valence-electron chi connectivity index (χ2n) is 7.14. The van der Waals surface area contributed by atoms with Gasteiger partial charge in [0.15, 0.2) is 0 Å². The SMILES string of the molecule is COc1cccc(C(=O)N/N=C2\CCCc3oc(C(=O)Oc4ccccc4)c(C)c32)c1. The van der Waals surface area contributed by atoms with Gasteiger partial charge in [-0.3, -0.25) is 4.79 Å². The Balaban J connectivity index is 1.56. The van der Waals surface area contributed by atoms with E-state index in [4.69, 9.17) is 13.9 Å². The number of hydrazone groups is 1. The number of hydrogen-bond acceptors (Lipinski definition) is 6. The van der Waals surface area contributed by atoms with Gasteiger partial charge in [0.2, 0.25) is 5.76 Å². The third-order valence-corrected chi connectivity index (χ3v) is 5.09. The topological polar surface area (TPSA) is 90.1 Å². The Morgan fingerprint density at radius 1 is 1.03 bits per heavy atom. The molecule has 0 unspecified atom stereocenters. The Kier molecular flexibility index (Phi) is 5.84. The summed E-state index contributed by atoms with van der Waals surface area (Å²) in [5, 5.41) is 4.34. The van der Waals surface area contributed by atoms with E-state index in [1.54, 1.807) is 62.6 Å². The number of fused-ring (bicyclic) bond motifs is 1. The number of benzene rings is 2. The monoisotopic (exact) mass is 418 g/mol. The lowest BCUT2D eigenvalue weighted by Crippen LogP contribution is -2.22. The van der Waals surface area contributed by atoms with Gasteiger partial charge in [0.1, 0.15) is 17.3 Å². The van der Waals surface area contributed by atoms with Crippen molar-refractivity contribution in [2.75, 3.05) is 7.11 Å². The number of ether oxygens (including phenoxy) is 2. The average molecular weight is 418 g/mol. The first-order chi connectivity index (χ1) is 15.1. The highest BCUT2D eigenvalue weighted by Gasteiger charge is 2.29. The van der Waals surface area contributed by atoms with E-state index in [0.29, 0.717) is 46.9 Å². The van der Waals surface area contributed by atoms with Crippen molar-refractivity contribution in [1.29, 1.82) is 0 Å². The van der Waals surface area contributed by atoms with E-state index in [1.807, 2.05) is 6.07 Å². The number of hydrogen-bond donors (Lipinski definition) is 1. The van der Waals surface area contributed by atoms with Crippen LogP contribution in [0.3, 0.4) is 0 Å². The average Bonchev–Trinajstić information content (AvgIpc) is 3.15. The van der Waals surface area contributed by atoms with Crippen LogP contribution in [0.25, 0.3) is 0 Å². The summed E-state index contributed by atoms with van der Waals surface area (Å²) in [7, 11) is 1.54. The van der Waals surface area contributed by atoms with Gasteiger partial charge in [-0.1, -0.05) is 24.3 Å².